The van der Waals surface area contributed by atoms with Crippen LogP contribution in [0.1, 0.15) is 11.1 Å². The average Bonchev–Trinajstić information content (AvgIpc) is 2.09. The van der Waals surface area contributed by atoms with Gasteiger partial charge in [-0.25, -0.2) is 0 Å². The summed E-state index contributed by atoms with van der Waals surface area (Å²) in [4.78, 5) is 10.1. The van der Waals surface area contributed by atoms with Gasteiger partial charge in [0, 0.05) is 5.69 Å². The van der Waals surface area contributed by atoms with Gasteiger partial charge in [0.05, 0.1) is 6.61 Å². The van der Waals surface area contributed by atoms with Crippen molar-refractivity contribution in [3.05, 3.63) is 29.3 Å². The van der Waals surface area contributed by atoms with Crippen LogP contribution in [-0.4, -0.2) is 11.5 Å². The van der Waals surface area contributed by atoms with Crippen LogP contribution in [0.5, 0.6) is 0 Å². The van der Waals surface area contributed by atoms with Crippen molar-refractivity contribution in [3.63, 3.8) is 0 Å². The zero-order valence-corrected chi connectivity index (χ0v) is 6.87. The molecule has 0 bridgehead atoms. The topological polar surface area (TPSA) is 49.3 Å². The van der Waals surface area contributed by atoms with Crippen LogP contribution in [0.25, 0.3) is 0 Å². The van der Waals surface area contributed by atoms with Crippen molar-refractivity contribution < 1.29 is 9.90 Å². The van der Waals surface area contributed by atoms with Crippen molar-refractivity contribution in [3.8, 4) is 0 Å². The van der Waals surface area contributed by atoms with Crippen LogP contribution in [0.15, 0.2) is 18.2 Å². The van der Waals surface area contributed by atoms with E-state index in [9.17, 15) is 4.79 Å². The highest BCUT2D eigenvalue weighted by Crippen LogP contribution is 2.15. The molecule has 0 heterocycles. The van der Waals surface area contributed by atoms with Gasteiger partial charge in [0.15, 0.2) is 0 Å². The lowest BCUT2D eigenvalue weighted by Crippen LogP contribution is -1.97. The molecule has 0 aromatic heterocycles. The molecule has 0 aliphatic heterocycles. The molecule has 0 atom stereocenters. The maximum absolute atomic E-state index is 10.1. The van der Waals surface area contributed by atoms with Gasteiger partial charge >= 0.3 is 0 Å². The van der Waals surface area contributed by atoms with Crippen molar-refractivity contribution in [2.45, 2.75) is 13.5 Å². The molecule has 1 rings (SSSR count). The molecule has 2 N–H and O–H groups in total. The summed E-state index contributed by atoms with van der Waals surface area (Å²) in [7, 11) is 0. The van der Waals surface area contributed by atoms with Crippen LogP contribution in [0.4, 0.5) is 5.69 Å². The average molecular weight is 165 g/mol. The second kappa shape index (κ2) is 3.88. The highest BCUT2D eigenvalue weighted by atomic mass is 16.3. The Morgan fingerprint density at radius 2 is 2.33 bits per heavy atom. The van der Waals surface area contributed by atoms with Crippen molar-refractivity contribution in [1.29, 1.82) is 0 Å². The van der Waals surface area contributed by atoms with E-state index in [1.165, 1.54) is 0 Å². The van der Waals surface area contributed by atoms with E-state index in [0.29, 0.717) is 6.41 Å². The van der Waals surface area contributed by atoms with Crippen molar-refractivity contribution in [1.82, 2.24) is 0 Å². The van der Waals surface area contributed by atoms with Gasteiger partial charge in [0.25, 0.3) is 0 Å². The van der Waals surface area contributed by atoms with Gasteiger partial charge in [-0.1, -0.05) is 12.1 Å². The molecule has 0 aliphatic carbocycles. The Bertz CT molecular complexity index is 284. The van der Waals surface area contributed by atoms with Crippen LogP contribution < -0.4 is 5.32 Å². The molecule has 0 fully saturated rings. The first-order valence-electron chi connectivity index (χ1n) is 3.68. The van der Waals surface area contributed by atoms with E-state index >= 15 is 0 Å². The molecular formula is C9H11NO2. The largest absolute Gasteiger partial charge is 0.392 e. The molecule has 0 saturated carbocycles. The van der Waals surface area contributed by atoms with Crippen LogP contribution in [0.3, 0.4) is 0 Å². The van der Waals surface area contributed by atoms with Gasteiger partial charge in [0.1, 0.15) is 0 Å². The lowest BCUT2D eigenvalue weighted by molar-refractivity contribution is -0.105. The fraction of sp³-hybridized carbons (Fsp3) is 0.222. The third-order valence-electron chi connectivity index (χ3n) is 1.69. The van der Waals surface area contributed by atoms with Crippen LogP contribution in [0, 0.1) is 6.92 Å². The molecule has 3 nitrogen and oxygen atoms in total. The number of amides is 1. The van der Waals surface area contributed by atoms with Gasteiger partial charge in [0.2, 0.25) is 6.41 Å². The van der Waals surface area contributed by atoms with Crippen LogP contribution >= 0.6 is 0 Å². The maximum Gasteiger partial charge on any atom is 0.211 e. The van der Waals surface area contributed by atoms with Gasteiger partial charge < -0.3 is 10.4 Å². The minimum Gasteiger partial charge on any atom is -0.392 e. The molecule has 3 heteroatoms. The minimum atomic E-state index is 0.0300. The molecule has 0 spiro atoms. The van der Waals surface area contributed by atoms with Gasteiger partial charge in [-0.05, 0) is 24.1 Å². The Hall–Kier alpha value is -1.35. The molecule has 12 heavy (non-hydrogen) atoms. The maximum atomic E-state index is 10.1. The third kappa shape index (κ3) is 1.83. The summed E-state index contributed by atoms with van der Waals surface area (Å²) in [5, 5.41) is 11.4. The van der Waals surface area contributed by atoms with Crippen LogP contribution in [0.2, 0.25) is 0 Å². The van der Waals surface area contributed by atoms with E-state index in [-0.39, 0.29) is 6.61 Å². The number of hydrogen-bond acceptors (Lipinski definition) is 2. The number of aliphatic hydroxyl groups excluding tert-OH is 1. The zero-order chi connectivity index (χ0) is 8.97. The smallest absolute Gasteiger partial charge is 0.211 e. The summed E-state index contributed by atoms with van der Waals surface area (Å²) in [5.41, 5.74) is 2.58. The van der Waals surface area contributed by atoms with Gasteiger partial charge in [-0.3, -0.25) is 4.79 Å². The lowest BCUT2D eigenvalue weighted by Gasteiger charge is -2.04. The van der Waals surface area contributed by atoms with Crippen molar-refractivity contribution in [2.24, 2.45) is 0 Å². The Morgan fingerprint density at radius 1 is 1.58 bits per heavy atom. The summed E-state index contributed by atoms with van der Waals surface area (Å²) in [5.74, 6) is 0. The number of hydrogen-bond donors (Lipinski definition) is 2. The Labute approximate surface area is 71.0 Å². The predicted molar refractivity (Wildman–Crippen MR) is 46.8 cm³/mol. The number of rotatable bonds is 3. The fourth-order valence-electron chi connectivity index (χ4n) is 1.05. The Kier molecular flexibility index (Phi) is 2.82. The summed E-state index contributed by atoms with van der Waals surface area (Å²) in [6.07, 6.45) is 0.640. The molecule has 0 radical (unpaired) electrons. The van der Waals surface area contributed by atoms with Gasteiger partial charge in [-0.15, -0.1) is 0 Å². The standard InChI is InChI=1S/C9H11NO2/c1-7-4-8(5-11)2-3-9(7)10-6-12/h2-4,6,11H,5H2,1H3,(H,10,12). The SMILES string of the molecule is Cc1cc(CO)ccc1NC=O. The molecule has 64 valence electrons. The van der Waals surface area contributed by atoms with Crippen molar-refractivity contribution >= 4 is 12.1 Å². The fourth-order valence-corrected chi connectivity index (χ4v) is 1.05. The predicted octanol–water partition coefficient (Wildman–Crippen LogP) is 1.06. The van der Waals surface area contributed by atoms with Crippen molar-refractivity contribution in [2.75, 3.05) is 5.32 Å². The Balaban J connectivity index is 2.94. The first kappa shape index (κ1) is 8.74. The quantitative estimate of drug-likeness (QED) is 0.658. The van der Waals surface area contributed by atoms with E-state index in [4.69, 9.17) is 5.11 Å². The number of anilines is 1. The monoisotopic (exact) mass is 165 g/mol. The lowest BCUT2D eigenvalue weighted by atomic mass is 10.1. The van der Waals surface area contributed by atoms with Gasteiger partial charge in [-0.2, -0.15) is 0 Å². The number of aryl methyl sites for hydroxylation is 1. The number of aliphatic hydroxyl groups is 1. The van der Waals surface area contributed by atoms with E-state index in [1.807, 2.05) is 13.0 Å². The van der Waals surface area contributed by atoms with E-state index < -0.39 is 0 Å². The second-order valence-corrected chi connectivity index (χ2v) is 2.57. The summed E-state index contributed by atoms with van der Waals surface area (Å²) < 4.78 is 0. The highest BCUT2D eigenvalue weighted by molar-refractivity contribution is 5.73. The molecule has 0 aliphatic rings. The number of carbonyl (C=O) groups is 1. The normalized spacial score (nSPS) is 9.50. The summed E-state index contributed by atoms with van der Waals surface area (Å²) >= 11 is 0. The third-order valence-corrected chi connectivity index (χ3v) is 1.69. The molecular weight excluding hydrogens is 154 g/mol. The molecule has 1 amide bonds. The Morgan fingerprint density at radius 3 is 2.83 bits per heavy atom. The summed E-state index contributed by atoms with van der Waals surface area (Å²) in [6.45, 7) is 1.91. The van der Waals surface area contributed by atoms with E-state index in [2.05, 4.69) is 5.32 Å². The second-order valence-electron chi connectivity index (χ2n) is 2.57. The number of benzene rings is 1. The number of nitrogens with one attached hydrogen (secondary N) is 1. The van der Waals surface area contributed by atoms with E-state index in [0.717, 1.165) is 16.8 Å². The highest BCUT2D eigenvalue weighted by Gasteiger charge is 1.97. The van der Waals surface area contributed by atoms with Crippen LogP contribution in [-0.2, 0) is 11.4 Å². The number of carbonyl (C=O) groups excluding carboxylic acids is 1. The molecule has 1 aromatic carbocycles. The molecule has 0 unspecified atom stereocenters. The molecule has 1 aromatic rings. The summed E-state index contributed by atoms with van der Waals surface area (Å²) in [6, 6.07) is 5.39. The van der Waals surface area contributed by atoms with E-state index in [1.54, 1.807) is 12.1 Å². The molecule has 0 saturated heterocycles. The first-order chi connectivity index (χ1) is 5.77. The first-order valence-corrected chi connectivity index (χ1v) is 3.68. The zero-order valence-electron chi connectivity index (χ0n) is 6.87. The minimum absolute atomic E-state index is 0.0300.